The third kappa shape index (κ3) is 12.2. The molecule has 44 heavy (non-hydrogen) atoms. The van der Waals surface area contributed by atoms with Crippen molar-refractivity contribution in [1.29, 1.82) is 0 Å². The van der Waals surface area contributed by atoms with Crippen molar-refractivity contribution in [1.82, 2.24) is 0 Å². The Morgan fingerprint density at radius 3 is 1.34 bits per heavy atom. The van der Waals surface area contributed by atoms with E-state index < -0.39 is 24.2 Å². The van der Waals surface area contributed by atoms with Gasteiger partial charge in [0.2, 0.25) is 0 Å². The molecule has 2 unspecified atom stereocenters. The molecule has 0 spiro atoms. The predicted molar refractivity (Wildman–Crippen MR) is 153 cm³/mol. The average molecular weight is 617 g/mol. The van der Waals surface area contributed by atoms with Crippen LogP contribution in [0.2, 0.25) is 0 Å². The number of carbonyl (C=O) groups excluding carboxylic acids is 4. The van der Waals surface area contributed by atoms with Gasteiger partial charge in [-0.25, -0.2) is 29.0 Å². The van der Waals surface area contributed by atoms with E-state index >= 15 is 0 Å². The van der Waals surface area contributed by atoms with Crippen LogP contribution in [0.3, 0.4) is 0 Å². The summed E-state index contributed by atoms with van der Waals surface area (Å²) in [6, 6.07) is 13.7. The first-order valence-electron chi connectivity index (χ1n) is 15.0. The number of benzene rings is 2. The SMILES string of the molecule is CCCCc1ccc(C(=O)OOOC(=O)OCC2CCCCC2COC(=O)OOOC(=O)c2ccc(CCCC)cc2)cc1. The van der Waals surface area contributed by atoms with Gasteiger partial charge in [-0.1, -0.05) is 63.8 Å². The van der Waals surface area contributed by atoms with Crippen molar-refractivity contribution in [2.24, 2.45) is 11.8 Å². The average Bonchev–Trinajstić information content (AvgIpc) is 3.05. The number of hydrogen-bond acceptors (Lipinski definition) is 12. The molecule has 240 valence electrons. The molecule has 0 bridgehead atoms. The van der Waals surface area contributed by atoms with Crippen LogP contribution < -0.4 is 0 Å². The minimum Gasteiger partial charge on any atom is -0.432 e. The van der Waals surface area contributed by atoms with Crippen molar-refractivity contribution in [3.8, 4) is 0 Å². The summed E-state index contributed by atoms with van der Waals surface area (Å²) in [5.41, 5.74) is 2.67. The van der Waals surface area contributed by atoms with Crippen molar-refractivity contribution >= 4 is 24.2 Å². The van der Waals surface area contributed by atoms with Gasteiger partial charge in [0.1, 0.15) is 0 Å². The maximum Gasteiger partial charge on any atom is 0.543 e. The van der Waals surface area contributed by atoms with Gasteiger partial charge in [0, 0.05) is 0 Å². The summed E-state index contributed by atoms with van der Waals surface area (Å²) in [4.78, 5) is 65.8. The molecule has 0 N–H and O–H groups in total. The molecule has 0 amide bonds. The zero-order valence-corrected chi connectivity index (χ0v) is 25.2. The molecule has 12 heteroatoms. The quantitative estimate of drug-likeness (QED) is 0.107. The Morgan fingerprint density at radius 2 is 0.977 bits per heavy atom. The summed E-state index contributed by atoms with van der Waals surface area (Å²) in [5.74, 6) is -1.94. The van der Waals surface area contributed by atoms with E-state index in [0.29, 0.717) is 12.8 Å². The Labute approximate surface area is 256 Å². The van der Waals surface area contributed by atoms with Gasteiger partial charge in [-0.2, -0.15) is 0 Å². The van der Waals surface area contributed by atoms with Crippen LogP contribution in [-0.4, -0.2) is 37.5 Å². The topological polar surface area (TPSA) is 142 Å². The minimum atomic E-state index is -1.19. The van der Waals surface area contributed by atoms with E-state index in [0.717, 1.165) is 62.5 Å². The lowest BCUT2D eigenvalue weighted by Gasteiger charge is -2.30. The van der Waals surface area contributed by atoms with Crippen molar-refractivity contribution < 1.29 is 58.3 Å². The molecule has 0 heterocycles. The lowest BCUT2D eigenvalue weighted by atomic mass is 9.80. The highest BCUT2D eigenvalue weighted by atomic mass is 17.5. The Morgan fingerprint density at radius 1 is 0.591 bits per heavy atom. The summed E-state index contributed by atoms with van der Waals surface area (Å²) in [7, 11) is 0. The fourth-order valence-electron chi connectivity index (χ4n) is 4.75. The van der Waals surface area contributed by atoms with E-state index in [1.807, 2.05) is 24.3 Å². The fourth-order valence-corrected chi connectivity index (χ4v) is 4.75. The molecule has 0 radical (unpaired) electrons. The molecule has 0 saturated heterocycles. The zero-order chi connectivity index (χ0) is 31.6. The van der Waals surface area contributed by atoms with Crippen LogP contribution in [0.1, 0.15) is 97.1 Å². The first kappa shape index (κ1) is 34.3. The molecule has 1 aliphatic carbocycles. The number of carbonyl (C=O) groups is 4. The zero-order valence-electron chi connectivity index (χ0n) is 25.2. The minimum absolute atomic E-state index is 0.0379. The van der Waals surface area contributed by atoms with Crippen LogP contribution in [0.4, 0.5) is 9.59 Å². The maximum atomic E-state index is 12.1. The first-order chi connectivity index (χ1) is 21.4. The van der Waals surface area contributed by atoms with Crippen LogP contribution in [0.5, 0.6) is 0 Å². The van der Waals surface area contributed by atoms with Crippen molar-refractivity contribution in [2.75, 3.05) is 13.2 Å². The molecule has 0 aromatic heterocycles. The Bertz CT molecular complexity index is 1090. The number of hydrogen-bond donors (Lipinski definition) is 0. The van der Waals surface area contributed by atoms with Gasteiger partial charge in [0.15, 0.2) is 0 Å². The molecule has 2 aromatic rings. The van der Waals surface area contributed by atoms with Crippen molar-refractivity contribution in [3.05, 3.63) is 70.8 Å². The second-order valence-electron chi connectivity index (χ2n) is 10.6. The summed E-state index contributed by atoms with van der Waals surface area (Å²) in [6.45, 7) is 4.13. The molecule has 2 atom stereocenters. The van der Waals surface area contributed by atoms with Gasteiger partial charge in [0.05, 0.1) is 34.4 Å². The Balaban J connectivity index is 1.30. The summed E-state index contributed by atoms with van der Waals surface area (Å²) < 4.78 is 10.2. The molecule has 1 aliphatic rings. The summed E-state index contributed by atoms with van der Waals surface area (Å²) in [6.07, 6.45) is 6.90. The largest absolute Gasteiger partial charge is 0.543 e. The van der Waals surface area contributed by atoms with Gasteiger partial charge in [-0.15, -0.1) is 0 Å². The summed E-state index contributed by atoms with van der Waals surface area (Å²) >= 11 is 0. The molecule has 2 aromatic carbocycles. The molecule has 12 nitrogen and oxygen atoms in total. The van der Waals surface area contributed by atoms with E-state index in [1.165, 1.54) is 0 Å². The third-order valence-corrected chi connectivity index (χ3v) is 7.34. The molecule has 1 saturated carbocycles. The number of ether oxygens (including phenoxy) is 2. The lowest BCUT2D eigenvalue weighted by Crippen LogP contribution is -2.30. The van der Waals surface area contributed by atoms with Crippen LogP contribution in [0, 0.1) is 11.8 Å². The monoisotopic (exact) mass is 616 g/mol. The third-order valence-electron chi connectivity index (χ3n) is 7.34. The van der Waals surface area contributed by atoms with Crippen LogP contribution in [0.15, 0.2) is 48.5 Å². The highest BCUT2D eigenvalue weighted by Crippen LogP contribution is 2.30. The molecule has 3 rings (SSSR count). The van der Waals surface area contributed by atoms with E-state index in [9.17, 15) is 19.2 Å². The summed E-state index contributed by atoms with van der Waals surface area (Å²) in [5, 5.41) is 8.59. The van der Waals surface area contributed by atoms with Crippen molar-refractivity contribution in [2.45, 2.75) is 78.1 Å². The highest BCUT2D eigenvalue weighted by Gasteiger charge is 2.29. The standard InChI is InChI=1S/C32H40O12/c1-3-5-9-23-13-17-25(18-14-23)29(33)39-43-41-31(35)37-21-27-11-7-8-12-28(27)22-38-32(36)42-44-40-30(34)26-19-15-24(16-20-26)10-6-4-2/h13-20,27-28H,3-12,21-22H2,1-2H3. The van der Waals surface area contributed by atoms with Gasteiger partial charge < -0.3 is 9.47 Å². The number of aryl methyl sites for hydroxylation is 2. The van der Waals surface area contributed by atoms with Gasteiger partial charge >= 0.3 is 24.2 Å². The number of unbranched alkanes of at least 4 members (excludes halogenated alkanes) is 2. The Hall–Kier alpha value is -4.16. The van der Waals surface area contributed by atoms with Gasteiger partial charge in [0.25, 0.3) is 0 Å². The number of rotatable bonds is 16. The first-order valence-corrected chi connectivity index (χ1v) is 15.0. The van der Waals surface area contributed by atoms with E-state index in [1.54, 1.807) is 24.3 Å². The highest BCUT2D eigenvalue weighted by molar-refractivity contribution is 5.89. The predicted octanol–water partition coefficient (Wildman–Crippen LogP) is 7.19. The van der Waals surface area contributed by atoms with Crippen molar-refractivity contribution in [3.63, 3.8) is 0 Å². The van der Waals surface area contributed by atoms with Crippen LogP contribution in [-0.2, 0) is 51.9 Å². The smallest absolute Gasteiger partial charge is 0.432 e. The second kappa shape index (κ2) is 19.2. The lowest BCUT2D eigenvalue weighted by molar-refractivity contribution is -0.453. The Kier molecular flexibility index (Phi) is 15.0. The van der Waals surface area contributed by atoms with Gasteiger partial charge in [-0.05, 0) is 85.8 Å². The second-order valence-corrected chi connectivity index (χ2v) is 10.6. The normalized spacial score (nSPS) is 16.0. The van der Waals surface area contributed by atoms with E-state index in [2.05, 4.69) is 43.5 Å². The van der Waals surface area contributed by atoms with Gasteiger partial charge in [-0.3, -0.25) is 9.78 Å². The van der Waals surface area contributed by atoms with Crippen LogP contribution >= 0.6 is 0 Å². The molecular weight excluding hydrogens is 576 g/mol. The maximum absolute atomic E-state index is 12.1. The van der Waals surface area contributed by atoms with E-state index in [4.69, 9.17) is 9.47 Å². The molecule has 1 fully saturated rings. The molecular formula is C32H40O12. The molecule has 0 aliphatic heterocycles. The van der Waals surface area contributed by atoms with E-state index in [-0.39, 0.29) is 36.2 Å². The van der Waals surface area contributed by atoms with Crippen LogP contribution in [0.25, 0.3) is 0 Å². The fraction of sp³-hybridized carbons (Fsp3) is 0.500.